The second-order valence-electron chi connectivity index (χ2n) is 4.14. The van der Waals surface area contributed by atoms with E-state index in [-0.39, 0.29) is 6.04 Å². The van der Waals surface area contributed by atoms with E-state index in [1.54, 1.807) is 0 Å². The molecule has 1 aromatic rings. The molecule has 0 aromatic carbocycles. The Balaban J connectivity index is 1.82. The van der Waals surface area contributed by atoms with Crippen LogP contribution in [0, 0.1) is 0 Å². The predicted molar refractivity (Wildman–Crippen MR) is 56.3 cm³/mol. The maximum atomic E-state index is 5.64. The highest BCUT2D eigenvalue weighted by Crippen LogP contribution is 2.09. The number of nitrogens with zero attached hydrogens (tertiary/aromatic N) is 3. The van der Waals surface area contributed by atoms with E-state index in [9.17, 15) is 0 Å². The summed E-state index contributed by atoms with van der Waals surface area (Å²) in [4.78, 5) is 6.67. The molecule has 1 aliphatic heterocycles. The van der Waals surface area contributed by atoms with Gasteiger partial charge in [0.25, 0.3) is 0 Å². The van der Waals surface area contributed by atoms with Crippen LogP contribution in [0.1, 0.15) is 37.5 Å². The van der Waals surface area contributed by atoms with Crippen LogP contribution in [0.25, 0.3) is 0 Å². The first-order valence-electron chi connectivity index (χ1n) is 5.56. The van der Waals surface area contributed by atoms with Gasteiger partial charge in [-0.05, 0) is 32.9 Å². The summed E-state index contributed by atoms with van der Waals surface area (Å²) in [7, 11) is 0. The Morgan fingerprint density at radius 3 is 2.80 bits per heavy atom. The zero-order valence-corrected chi connectivity index (χ0v) is 9.15. The maximum absolute atomic E-state index is 5.64. The molecule has 5 nitrogen and oxygen atoms in total. The van der Waals surface area contributed by atoms with Gasteiger partial charge in [-0.2, -0.15) is 4.98 Å². The molecular formula is C10H18N4O. The van der Waals surface area contributed by atoms with Crippen molar-refractivity contribution in [3.05, 3.63) is 11.7 Å². The van der Waals surface area contributed by atoms with Crippen molar-refractivity contribution in [3.63, 3.8) is 0 Å². The Labute approximate surface area is 89.6 Å². The van der Waals surface area contributed by atoms with Gasteiger partial charge in [0.1, 0.15) is 0 Å². The van der Waals surface area contributed by atoms with E-state index in [0.717, 1.165) is 18.8 Å². The SMILES string of the molecule is CC(N)c1nc(CCN2CCCC2)no1. The molecule has 1 saturated heterocycles. The number of likely N-dealkylation sites (tertiary alicyclic amines) is 1. The van der Waals surface area contributed by atoms with E-state index in [1.165, 1.54) is 25.9 Å². The van der Waals surface area contributed by atoms with Gasteiger partial charge in [0.15, 0.2) is 5.82 Å². The minimum atomic E-state index is -0.168. The first-order chi connectivity index (χ1) is 7.25. The van der Waals surface area contributed by atoms with E-state index in [1.807, 2.05) is 6.92 Å². The van der Waals surface area contributed by atoms with Gasteiger partial charge in [-0.15, -0.1) is 0 Å². The fourth-order valence-corrected chi connectivity index (χ4v) is 1.82. The van der Waals surface area contributed by atoms with Crippen LogP contribution in [0.5, 0.6) is 0 Å². The molecule has 0 spiro atoms. The Kier molecular flexibility index (Phi) is 3.33. The van der Waals surface area contributed by atoms with Crippen LogP contribution in [-0.4, -0.2) is 34.7 Å². The third-order valence-corrected chi connectivity index (χ3v) is 2.72. The normalized spacial score (nSPS) is 19.6. The van der Waals surface area contributed by atoms with Gasteiger partial charge in [0, 0.05) is 13.0 Å². The molecule has 0 saturated carbocycles. The summed E-state index contributed by atoms with van der Waals surface area (Å²) in [5.41, 5.74) is 5.64. The molecule has 5 heteroatoms. The zero-order chi connectivity index (χ0) is 10.7. The maximum Gasteiger partial charge on any atom is 0.243 e. The monoisotopic (exact) mass is 210 g/mol. The van der Waals surface area contributed by atoms with Crippen LogP contribution in [0.2, 0.25) is 0 Å². The smallest absolute Gasteiger partial charge is 0.243 e. The van der Waals surface area contributed by atoms with Gasteiger partial charge >= 0.3 is 0 Å². The summed E-state index contributed by atoms with van der Waals surface area (Å²) >= 11 is 0. The Morgan fingerprint density at radius 1 is 1.47 bits per heavy atom. The molecule has 2 rings (SSSR count). The molecule has 1 aromatic heterocycles. The summed E-state index contributed by atoms with van der Waals surface area (Å²) in [6.45, 7) is 5.28. The summed E-state index contributed by atoms with van der Waals surface area (Å²) in [5, 5.41) is 3.91. The first-order valence-corrected chi connectivity index (χ1v) is 5.56. The summed E-state index contributed by atoms with van der Waals surface area (Å²) in [5.74, 6) is 1.31. The van der Waals surface area contributed by atoms with E-state index in [2.05, 4.69) is 15.0 Å². The number of rotatable bonds is 4. The Hall–Kier alpha value is -0.940. The van der Waals surface area contributed by atoms with Crippen LogP contribution < -0.4 is 5.73 Å². The first kappa shape index (κ1) is 10.6. The minimum Gasteiger partial charge on any atom is -0.338 e. The molecule has 0 bridgehead atoms. The van der Waals surface area contributed by atoms with Crippen molar-refractivity contribution in [2.45, 2.75) is 32.2 Å². The summed E-state index contributed by atoms with van der Waals surface area (Å²) in [6, 6.07) is -0.168. The highest BCUT2D eigenvalue weighted by atomic mass is 16.5. The van der Waals surface area contributed by atoms with E-state index in [4.69, 9.17) is 10.3 Å². The molecule has 84 valence electrons. The number of nitrogens with two attached hydrogens (primary N) is 1. The minimum absolute atomic E-state index is 0.168. The van der Waals surface area contributed by atoms with E-state index >= 15 is 0 Å². The van der Waals surface area contributed by atoms with Crippen molar-refractivity contribution in [1.82, 2.24) is 15.0 Å². The van der Waals surface area contributed by atoms with Crippen molar-refractivity contribution in [2.75, 3.05) is 19.6 Å². The number of hydrogen-bond donors (Lipinski definition) is 1. The molecule has 0 amide bonds. The van der Waals surface area contributed by atoms with Gasteiger partial charge in [-0.3, -0.25) is 0 Å². The molecule has 2 N–H and O–H groups in total. The average molecular weight is 210 g/mol. The highest BCUT2D eigenvalue weighted by molar-refractivity contribution is 4.91. The van der Waals surface area contributed by atoms with E-state index < -0.39 is 0 Å². The van der Waals surface area contributed by atoms with Gasteiger partial charge in [-0.25, -0.2) is 0 Å². The third kappa shape index (κ3) is 2.76. The van der Waals surface area contributed by atoms with E-state index in [0.29, 0.717) is 5.89 Å². The fraction of sp³-hybridized carbons (Fsp3) is 0.800. The Morgan fingerprint density at radius 2 is 2.20 bits per heavy atom. The number of aromatic nitrogens is 2. The molecule has 1 fully saturated rings. The topological polar surface area (TPSA) is 68.2 Å². The second kappa shape index (κ2) is 4.72. The van der Waals surface area contributed by atoms with Gasteiger partial charge in [0.05, 0.1) is 6.04 Å². The fourth-order valence-electron chi connectivity index (χ4n) is 1.82. The van der Waals surface area contributed by atoms with Crippen molar-refractivity contribution in [2.24, 2.45) is 5.73 Å². The largest absolute Gasteiger partial charge is 0.338 e. The lowest BCUT2D eigenvalue weighted by molar-refractivity contribution is 0.331. The molecule has 1 unspecified atom stereocenters. The zero-order valence-electron chi connectivity index (χ0n) is 9.15. The molecule has 15 heavy (non-hydrogen) atoms. The molecule has 0 radical (unpaired) electrons. The predicted octanol–water partition coefficient (Wildman–Crippen LogP) is 0.728. The molecule has 1 atom stereocenters. The quantitative estimate of drug-likeness (QED) is 0.793. The molecular weight excluding hydrogens is 192 g/mol. The molecule has 2 heterocycles. The average Bonchev–Trinajstić information content (AvgIpc) is 2.86. The van der Waals surface area contributed by atoms with Gasteiger partial charge in [0.2, 0.25) is 5.89 Å². The van der Waals surface area contributed by atoms with Crippen molar-refractivity contribution in [3.8, 4) is 0 Å². The van der Waals surface area contributed by atoms with Gasteiger partial charge < -0.3 is 15.2 Å². The standard InChI is InChI=1S/C10H18N4O/c1-8(11)10-12-9(13-15-10)4-7-14-5-2-3-6-14/h8H,2-7,11H2,1H3. The lowest BCUT2D eigenvalue weighted by atomic mass is 10.3. The summed E-state index contributed by atoms with van der Waals surface area (Å²) < 4.78 is 5.04. The summed E-state index contributed by atoms with van der Waals surface area (Å²) in [6.07, 6.45) is 3.49. The second-order valence-corrected chi connectivity index (χ2v) is 4.14. The Bertz CT molecular complexity index is 304. The molecule has 1 aliphatic rings. The van der Waals surface area contributed by atoms with Crippen LogP contribution >= 0.6 is 0 Å². The van der Waals surface area contributed by atoms with Crippen molar-refractivity contribution >= 4 is 0 Å². The van der Waals surface area contributed by atoms with Crippen LogP contribution in [0.4, 0.5) is 0 Å². The third-order valence-electron chi connectivity index (χ3n) is 2.72. The van der Waals surface area contributed by atoms with Crippen LogP contribution in [0.3, 0.4) is 0 Å². The van der Waals surface area contributed by atoms with Crippen LogP contribution in [0.15, 0.2) is 4.52 Å². The molecule has 0 aliphatic carbocycles. The van der Waals surface area contributed by atoms with Crippen molar-refractivity contribution < 1.29 is 4.52 Å². The van der Waals surface area contributed by atoms with Gasteiger partial charge in [-0.1, -0.05) is 5.16 Å². The van der Waals surface area contributed by atoms with Crippen LogP contribution in [-0.2, 0) is 6.42 Å². The number of hydrogen-bond acceptors (Lipinski definition) is 5. The lowest BCUT2D eigenvalue weighted by Gasteiger charge is -2.11. The van der Waals surface area contributed by atoms with Crippen molar-refractivity contribution in [1.29, 1.82) is 0 Å². The lowest BCUT2D eigenvalue weighted by Crippen LogP contribution is -2.22. The highest BCUT2D eigenvalue weighted by Gasteiger charge is 2.14.